The van der Waals surface area contributed by atoms with Gasteiger partial charge in [0.05, 0.1) is 0 Å². The maximum Gasteiger partial charge on any atom is 0.147 e. The molecule has 0 aliphatic carbocycles. The third-order valence-electron chi connectivity index (χ3n) is 4.34. The fourth-order valence-electron chi connectivity index (χ4n) is 3.14. The van der Waals surface area contributed by atoms with Gasteiger partial charge in [-0.3, -0.25) is 4.90 Å². The first-order chi connectivity index (χ1) is 8.77. The summed E-state index contributed by atoms with van der Waals surface area (Å²) in [6, 6.07) is 0.0316. The van der Waals surface area contributed by atoms with E-state index in [1.165, 1.54) is 6.26 Å². The summed E-state index contributed by atoms with van der Waals surface area (Å²) in [5.41, 5.74) is 6.42. The van der Waals surface area contributed by atoms with Crippen molar-refractivity contribution in [2.45, 2.75) is 65.0 Å². The molecule has 0 rings (SSSR count). The molecule has 0 fully saturated rings. The molecular weight excluding hydrogens is 260 g/mol. The van der Waals surface area contributed by atoms with Crippen molar-refractivity contribution in [3.8, 4) is 0 Å². The monoisotopic (exact) mass is 292 g/mol. The van der Waals surface area contributed by atoms with Gasteiger partial charge in [0.25, 0.3) is 0 Å². The smallest absolute Gasteiger partial charge is 0.147 e. The zero-order chi connectivity index (χ0) is 15.1. The predicted octanol–water partition coefficient (Wildman–Crippen LogP) is 2.04. The molecule has 0 spiro atoms. The Morgan fingerprint density at radius 2 is 1.58 bits per heavy atom. The Labute approximate surface area is 119 Å². The Bertz CT molecular complexity index is 333. The Morgan fingerprint density at radius 1 is 1.11 bits per heavy atom. The highest BCUT2D eigenvalue weighted by molar-refractivity contribution is 7.90. The van der Waals surface area contributed by atoms with Crippen LogP contribution in [0.15, 0.2) is 0 Å². The summed E-state index contributed by atoms with van der Waals surface area (Å²) in [7, 11) is -2.88. The van der Waals surface area contributed by atoms with Gasteiger partial charge < -0.3 is 5.73 Å². The first-order valence-electron chi connectivity index (χ1n) is 7.45. The average molecular weight is 292 g/mol. The van der Waals surface area contributed by atoms with Gasteiger partial charge in [-0.1, -0.05) is 27.7 Å². The van der Waals surface area contributed by atoms with Crippen LogP contribution in [0.1, 0.15) is 53.4 Å². The van der Waals surface area contributed by atoms with Crippen molar-refractivity contribution in [2.24, 2.45) is 5.73 Å². The van der Waals surface area contributed by atoms with E-state index in [1.807, 2.05) is 0 Å². The normalized spacial score (nSPS) is 14.9. The molecule has 2 N–H and O–H groups in total. The van der Waals surface area contributed by atoms with Crippen molar-refractivity contribution < 1.29 is 8.42 Å². The van der Waals surface area contributed by atoms with Gasteiger partial charge in [-0.15, -0.1) is 0 Å². The highest BCUT2D eigenvalue weighted by Gasteiger charge is 2.37. The van der Waals surface area contributed by atoms with Crippen LogP contribution in [0, 0.1) is 0 Å². The Morgan fingerprint density at radius 3 is 1.89 bits per heavy atom. The molecule has 1 unspecified atom stereocenters. The predicted molar refractivity (Wildman–Crippen MR) is 83.2 cm³/mol. The van der Waals surface area contributed by atoms with Crippen molar-refractivity contribution in [2.75, 3.05) is 25.1 Å². The number of hydrogen-bond acceptors (Lipinski definition) is 4. The molecule has 116 valence electrons. The van der Waals surface area contributed by atoms with Crippen molar-refractivity contribution in [1.82, 2.24) is 4.90 Å². The minimum absolute atomic E-state index is 0.000995. The summed E-state index contributed by atoms with van der Waals surface area (Å²) in [6.45, 7) is 10.6. The van der Waals surface area contributed by atoms with Gasteiger partial charge in [-0.2, -0.15) is 0 Å². The van der Waals surface area contributed by atoms with E-state index in [9.17, 15) is 8.42 Å². The summed E-state index contributed by atoms with van der Waals surface area (Å²) in [5.74, 6) is 0.239. The lowest BCUT2D eigenvalue weighted by Crippen LogP contribution is -2.59. The Hall–Kier alpha value is -0.130. The van der Waals surface area contributed by atoms with Crippen LogP contribution in [0.3, 0.4) is 0 Å². The van der Waals surface area contributed by atoms with Gasteiger partial charge >= 0.3 is 0 Å². The van der Waals surface area contributed by atoms with Crippen molar-refractivity contribution in [3.63, 3.8) is 0 Å². The van der Waals surface area contributed by atoms with Crippen LogP contribution in [0.5, 0.6) is 0 Å². The standard InChI is InChI=1S/C14H32N2O2S/c1-6-14(7-2,16(8-3)9-4)13(15)11-10-12-19(5,17)18/h13H,6-12,15H2,1-5H3. The van der Waals surface area contributed by atoms with Crippen LogP contribution in [-0.4, -0.2) is 50.0 Å². The summed E-state index contributed by atoms with van der Waals surface area (Å²) in [5, 5.41) is 0. The van der Waals surface area contributed by atoms with Crippen molar-refractivity contribution in [3.05, 3.63) is 0 Å². The average Bonchev–Trinajstić information content (AvgIpc) is 2.34. The molecule has 19 heavy (non-hydrogen) atoms. The zero-order valence-corrected chi connectivity index (χ0v) is 14.1. The van der Waals surface area contributed by atoms with Crippen LogP contribution < -0.4 is 5.73 Å². The van der Waals surface area contributed by atoms with Crippen LogP contribution in [0.2, 0.25) is 0 Å². The SMILES string of the molecule is CCN(CC)C(CC)(CC)C(N)CCCS(C)(=O)=O. The minimum atomic E-state index is -2.88. The second kappa shape index (κ2) is 8.22. The molecule has 0 aromatic heterocycles. The molecule has 0 heterocycles. The fourth-order valence-corrected chi connectivity index (χ4v) is 3.83. The third kappa shape index (κ3) is 5.40. The number of nitrogens with zero attached hydrogens (tertiary/aromatic N) is 1. The third-order valence-corrected chi connectivity index (χ3v) is 5.37. The van der Waals surface area contributed by atoms with E-state index in [4.69, 9.17) is 5.73 Å². The lowest BCUT2D eigenvalue weighted by atomic mass is 9.81. The summed E-state index contributed by atoms with van der Waals surface area (Å²) >= 11 is 0. The second-order valence-electron chi connectivity index (χ2n) is 5.36. The Balaban J connectivity index is 4.78. The van der Waals surface area contributed by atoms with Crippen LogP contribution in [0.4, 0.5) is 0 Å². The summed E-state index contributed by atoms with van der Waals surface area (Å²) in [6.07, 6.45) is 4.72. The summed E-state index contributed by atoms with van der Waals surface area (Å²) < 4.78 is 22.4. The van der Waals surface area contributed by atoms with E-state index in [1.54, 1.807) is 0 Å². The van der Waals surface area contributed by atoms with E-state index in [0.29, 0.717) is 6.42 Å². The van der Waals surface area contributed by atoms with E-state index < -0.39 is 9.84 Å². The first-order valence-corrected chi connectivity index (χ1v) is 9.51. The second-order valence-corrected chi connectivity index (χ2v) is 7.62. The molecular formula is C14H32N2O2S. The molecule has 0 aliphatic rings. The molecule has 0 aromatic carbocycles. The topological polar surface area (TPSA) is 63.4 Å². The number of sulfone groups is 1. The van der Waals surface area contributed by atoms with Gasteiger partial charge in [0, 0.05) is 23.6 Å². The van der Waals surface area contributed by atoms with Crippen LogP contribution in [0.25, 0.3) is 0 Å². The van der Waals surface area contributed by atoms with Crippen molar-refractivity contribution >= 4 is 9.84 Å². The largest absolute Gasteiger partial charge is 0.326 e. The van der Waals surface area contributed by atoms with Crippen LogP contribution >= 0.6 is 0 Å². The Kier molecular flexibility index (Phi) is 8.17. The minimum Gasteiger partial charge on any atom is -0.326 e. The van der Waals surface area contributed by atoms with E-state index in [2.05, 4.69) is 32.6 Å². The van der Waals surface area contributed by atoms with E-state index in [0.717, 1.165) is 32.4 Å². The van der Waals surface area contributed by atoms with E-state index in [-0.39, 0.29) is 17.3 Å². The molecule has 1 atom stereocenters. The fraction of sp³-hybridized carbons (Fsp3) is 1.00. The maximum absolute atomic E-state index is 11.2. The number of nitrogens with two attached hydrogens (primary N) is 1. The van der Waals surface area contributed by atoms with Gasteiger partial charge in [0.15, 0.2) is 0 Å². The number of likely N-dealkylation sites (N-methyl/N-ethyl adjacent to an activating group) is 1. The highest BCUT2D eigenvalue weighted by Crippen LogP contribution is 2.29. The van der Waals surface area contributed by atoms with Crippen LogP contribution in [-0.2, 0) is 9.84 Å². The quantitative estimate of drug-likeness (QED) is 0.669. The molecule has 0 aliphatic heterocycles. The van der Waals surface area contributed by atoms with E-state index >= 15 is 0 Å². The number of rotatable bonds is 10. The zero-order valence-electron chi connectivity index (χ0n) is 13.3. The molecule has 4 nitrogen and oxygen atoms in total. The molecule has 0 aromatic rings. The molecule has 5 heteroatoms. The molecule has 0 saturated carbocycles. The van der Waals surface area contributed by atoms with Gasteiger partial charge in [-0.25, -0.2) is 8.42 Å². The first kappa shape index (κ1) is 18.9. The van der Waals surface area contributed by atoms with Gasteiger partial charge in [0.2, 0.25) is 0 Å². The number of hydrogen-bond donors (Lipinski definition) is 1. The summed E-state index contributed by atoms with van der Waals surface area (Å²) in [4.78, 5) is 2.43. The molecule has 0 saturated heterocycles. The van der Waals surface area contributed by atoms with Crippen molar-refractivity contribution in [1.29, 1.82) is 0 Å². The van der Waals surface area contributed by atoms with Gasteiger partial charge in [0.1, 0.15) is 9.84 Å². The lowest BCUT2D eigenvalue weighted by molar-refractivity contribution is 0.0598. The molecule has 0 amide bonds. The lowest BCUT2D eigenvalue weighted by Gasteiger charge is -2.46. The highest BCUT2D eigenvalue weighted by atomic mass is 32.2. The van der Waals surface area contributed by atoms with Gasteiger partial charge in [-0.05, 0) is 38.8 Å². The molecule has 0 radical (unpaired) electrons. The maximum atomic E-state index is 11.2. The molecule has 0 bridgehead atoms.